The molecule has 6 heteroatoms. The second kappa shape index (κ2) is 3.75. The fourth-order valence-corrected chi connectivity index (χ4v) is 1.15. The van der Waals surface area contributed by atoms with Gasteiger partial charge in [0.05, 0.1) is 6.26 Å². The van der Waals surface area contributed by atoms with Crippen LogP contribution in [0, 0.1) is 0 Å². The smallest absolute Gasteiger partial charge is 0.216 e. The first kappa shape index (κ1) is 10.5. The van der Waals surface area contributed by atoms with Crippen molar-refractivity contribution in [2.45, 2.75) is 5.75 Å². The molecule has 0 aliphatic carbocycles. The van der Waals surface area contributed by atoms with Gasteiger partial charge in [0.15, 0.2) is 0 Å². The molecule has 1 rings (SSSR count). The van der Waals surface area contributed by atoms with Gasteiger partial charge in [-0.25, -0.2) is 13.6 Å². The SMILES string of the molecule is Cl.NS(=O)(=O)Cc1ccco1. The Kier molecular flexibility index (Phi) is 3.57. The van der Waals surface area contributed by atoms with Crippen molar-refractivity contribution in [3.63, 3.8) is 0 Å². The number of sulfonamides is 1. The van der Waals surface area contributed by atoms with Gasteiger partial charge in [0.2, 0.25) is 10.0 Å². The van der Waals surface area contributed by atoms with Crippen molar-refractivity contribution in [3.8, 4) is 0 Å². The highest BCUT2D eigenvalue weighted by Crippen LogP contribution is 2.02. The summed E-state index contributed by atoms with van der Waals surface area (Å²) in [7, 11) is -3.44. The number of nitrogens with two attached hydrogens (primary N) is 1. The number of primary sulfonamides is 1. The van der Waals surface area contributed by atoms with Gasteiger partial charge in [-0.2, -0.15) is 0 Å². The van der Waals surface area contributed by atoms with Crippen LogP contribution in [-0.2, 0) is 15.8 Å². The van der Waals surface area contributed by atoms with E-state index in [-0.39, 0.29) is 18.2 Å². The van der Waals surface area contributed by atoms with Crippen molar-refractivity contribution in [2.24, 2.45) is 5.14 Å². The first-order chi connectivity index (χ1) is 4.58. The average molecular weight is 198 g/mol. The summed E-state index contributed by atoms with van der Waals surface area (Å²) in [5, 5.41) is 4.74. The molecule has 2 N–H and O–H groups in total. The van der Waals surface area contributed by atoms with E-state index in [1.54, 1.807) is 12.1 Å². The van der Waals surface area contributed by atoms with Crippen molar-refractivity contribution in [3.05, 3.63) is 24.2 Å². The summed E-state index contributed by atoms with van der Waals surface area (Å²) in [6, 6.07) is 3.17. The molecule has 0 fully saturated rings. The van der Waals surface area contributed by atoms with Crippen LogP contribution in [0.2, 0.25) is 0 Å². The van der Waals surface area contributed by atoms with Crippen LogP contribution in [0.5, 0.6) is 0 Å². The molecule has 0 aliphatic heterocycles. The maximum absolute atomic E-state index is 10.4. The maximum Gasteiger partial charge on any atom is 0.216 e. The van der Waals surface area contributed by atoms with E-state index < -0.39 is 10.0 Å². The van der Waals surface area contributed by atoms with Crippen molar-refractivity contribution in [2.75, 3.05) is 0 Å². The van der Waals surface area contributed by atoms with Gasteiger partial charge < -0.3 is 4.42 Å². The zero-order chi connectivity index (χ0) is 7.61. The zero-order valence-electron chi connectivity index (χ0n) is 5.56. The zero-order valence-corrected chi connectivity index (χ0v) is 7.19. The normalized spacial score (nSPS) is 10.6. The molecule has 0 atom stereocenters. The summed E-state index contributed by atoms with van der Waals surface area (Å²) >= 11 is 0. The van der Waals surface area contributed by atoms with Gasteiger partial charge in [-0.3, -0.25) is 0 Å². The molecule has 0 saturated carbocycles. The summed E-state index contributed by atoms with van der Waals surface area (Å²) < 4.78 is 25.6. The summed E-state index contributed by atoms with van der Waals surface area (Å²) in [6.45, 7) is 0. The second-order valence-corrected chi connectivity index (χ2v) is 3.50. The minimum atomic E-state index is -3.44. The van der Waals surface area contributed by atoms with Crippen LogP contribution in [0.15, 0.2) is 22.8 Å². The van der Waals surface area contributed by atoms with Gasteiger partial charge in [0.1, 0.15) is 11.5 Å². The highest BCUT2D eigenvalue weighted by Gasteiger charge is 2.05. The van der Waals surface area contributed by atoms with Gasteiger partial charge in [-0.05, 0) is 12.1 Å². The van der Waals surface area contributed by atoms with Crippen molar-refractivity contribution in [1.29, 1.82) is 0 Å². The third-order valence-corrected chi connectivity index (χ3v) is 1.61. The lowest BCUT2D eigenvalue weighted by Crippen LogP contribution is -2.13. The van der Waals surface area contributed by atoms with E-state index in [1.807, 2.05) is 0 Å². The Morgan fingerprint density at radius 2 is 2.18 bits per heavy atom. The molecule has 64 valence electrons. The minimum Gasteiger partial charge on any atom is -0.468 e. The van der Waals surface area contributed by atoms with Gasteiger partial charge in [-0.1, -0.05) is 0 Å². The number of hydrogen-bond donors (Lipinski definition) is 1. The molecule has 4 nitrogen and oxygen atoms in total. The molecule has 1 heterocycles. The largest absolute Gasteiger partial charge is 0.468 e. The molecule has 1 aromatic heterocycles. The topological polar surface area (TPSA) is 73.3 Å². The van der Waals surface area contributed by atoms with Crippen LogP contribution < -0.4 is 5.14 Å². The molecule has 0 aromatic carbocycles. The van der Waals surface area contributed by atoms with E-state index in [4.69, 9.17) is 9.56 Å². The highest BCUT2D eigenvalue weighted by molar-refractivity contribution is 7.88. The van der Waals surface area contributed by atoms with Crippen molar-refractivity contribution >= 4 is 22.4 Å². The number of hydrogen-bond acceptors (Lipinski definition) is 3. The molecule has 11 heavy (non-hydrogen) atoms. The molecule has 0 spiro atoms. The Hall–Kier alpha value is -0.520. The molecule has 0 bridgehead atoms. The summed E-state index contributed by atoms with van der Waals surface area (Å²) in [6.07, 6.45) is 1.40. The Morgan fingerprint density at radius 3 is 2.55 bits per heavy atom. The lowest BCUT2D eigenvalue weighted by Gasteiger charge is -1.90. The average Bonchev–Trinajstić information content (AvgIpc) is 2.12. The third-order valence-electron chi connectivity index (χ3n) is 0.924. The van der Waals surface area contributed by atoms with Crippen LogP contribution in [0.4, 0.5) is 0 Å². The first-order valence-electron chi connectivity index (χ1n) is 2.61. The van der Waals surface area contributed by atoms with E-state index in [0.29, 0.717) is 5.76 Å². The Labute approximate surface area is 70.8 Å². The number of halogens is 1. The standard InChI is InChI=1S/C5H7NO3S.ClH/c6-10(7,8)4-5-2-1-3-9-5;/h1-3H,4H2,(H2,6,7,8);1H. The van der Waals surface area contributed by atoms with E-state index >= 15 is 0 Å². The third kappa shape index (κ3) is 4.02. The number of furan rings is 1. The lowest BCUT2D eigenvalue weighted by molar-refractivity contribution is 0.521. The second-order valence-electron chi connectivity index (χ2n) is 1.89. The quantitative estimate of drug-likeness (QED) is 0.750. The van der Waals surface area contributed by atoms with Crippen LogP contribution in [0.25, 0.3) is 0 Å². The highest BCUT2D eigenvalue weighted by atomic mass is 35.5. The predicted octanol–water partition coefficient (Wildman–Crippen LogP) is 0.490. The maximum atomic E-state index is 10.4. The van der Waals surface area contributed by atoms with Gasteiger partial charge >= 0.3 is 0 Å². The van der Waals surface area contributed by atoms with Crippen LogP contribution >= 0.6 is 12.4 Å². The van der Waals surface area contributed by atoms with Crippen LogP contribution in [0.3, 0.4) is 0 Å². The summed E-state index contributed by atoms with van der Waals surface area (Å²) in [5.74, 6) is 0.127. The molecule has 0 radical (unpaired) electrons. The first-order valence-corrected chi connectivity index (χ1v) is 4.32. The molecule has 0 saturated heterocycles. The number of rotatable bonds is 2. The molecule has 0 amide bonds. The lowest BCUT2D eigenvalue weighted by atomic mass is 10.5. The van der Waals surface area contributed by atoms with Crippen molar-refractivity contribution in [1.82, 2.24) is 0 Å². The van der Waals surface area contributed by atoms with Gasteiger partial charge in [0, 0.05) is 0 Å². The molecular weight excluding hydrogens is 190 g/mol. The Bertz CT molecular complexity index is 292. The van der Waals surface area contributed by atoms with E-state index in [2.05, 4.69) is 0 Å². The minimum absolute atomic E-state index is 0. The molecule has 1 aromatic rings. The summed E-state index contributed by atoms with van der Waals surface area (Å²) in [5.41, 5.74) is 0. The summed E-state index contributed by atoms with van der Waals surface area (Å²) in [4.78, 5) is 0. The molecule has 0 aliphatic rings. The predicted molar refractivity (Wildman–Crippen MR) is 42.8 cm³/mol. The molecule has 0 unspecified atom stereocenters. The van der Waals surface area contributed by atoms with Crippen LogP contribution in [0.1, 0.15) is 5.76 Å². The Balaban J connectivity index is 0.000001000. The fraction of sp³-hybridized carbons (Fsp3) is 0.200. The van der Waals surface area contributed by atoms with Crippen LogP contribution in [-0.4, -0.2) is 8.42 Å². The van der Waals surface area contributed by atoms with Gasteiger partial charge in [-0.15, -0.1) is 12.4 Å². The fourth-order valence-electron chi connectivity index (χ4n) is 0.593. The van der Waals surface area contributed by atoms with Gasteiger partial charge in [0.25, 0.3) is 0 Å². The van der Waals surface area contributed by atoms with E-state index in [9.17, 15) is 8.42 Å². The van der Waals surface area contributed by atoms with E-state index in [0.717, 1.165) is 0 Å². The van der Waals surface area contributed by atoms with Crippen molar-refractivity contribution < 1.29 is 12.8 Å². The monoisotopic (exact) mass is 197 g/mol. The molecular formula is C5H8ClNO3S. The van der Waals surface area contributed by atoms with E-state index in [1.165, 1.54) is 6.26 Å². The Morgan fingerprint density at radius 1 is 1.55 bits per heavy atom.